The van der Waals surface area contributed by atoms with E-state index in [9.17, 15) is 13.2 Å². The van der Waals surface area contributed by atoms with E-state index in [1.807, 2.05) is 19.1 Å². The first-order valence-corrected chi connectivity index (χ1v) is 13.3. The predicted octanol–water partition coefficient (Wildman–Crippen LogP) is 2.85. The van der Waals surface area contributed by atoms with E-state index in [1.54, 1.807) is 12.1 Å². The summed E-state index contributed by atoms with van der Waals surface area (Å²) in [6.45, 7) is 4.54. The minimum absolute atomic E-state index is 0.0732. The van der Waals surface area contributed by atoms with Gasteiger partial charge in [-0.15, -0.1) is 0 Å². The fraction of sp³-hybridized carbons (Fsp3) is 0.583. The van der Waals surface area contributed by atoms with E-state index in [4.69, 9.17) is 10.1 Å². The third kappa shape index (κ3) is 5.15. The molecule has 0 bridgehead atoms. The number of aryl methyl sites for hydroxylation is 1. The van der Waals surface area contributed by atoms with E-state index in [1.165, 1.54) is 9.71 Å². The number of nitrogens with one attached hydrogen (secondary N) is 2. The molecule has 3 N–H and O–H groups in total. The summed E-state index contributed by atoms with van der Waals surface area (Å²) >= 11 is 0. The number of rotatable bonds is 6. The second kappa shape index (κ2) is 9.56. The van der Waals surface area contributed by atoms with Gasteiger partial charge in [0.05, 0.1) is 0 Å². The number of hydrogen-bond acceptors (Lipinski definition) is 6. The van der Waals surface area contributed by atoms with Crippen molar-refractivity contribution in [3.05, 3.63) is 34.7 Å². The van der Waals surface area contributed by atoms with Crippen molar-refractivity contribution < 1.29 is 18.3 Å². The lowest BCUT2D eigenvalue weighted by Gasteiger charge is -2.34. The summed E-state index contributed by atoms with van der Waals surface area (Å²) in [6, 6.07) is 5.46. The monoisotopic (exact) mass is 474 g/mol. The van der Waals surface area contributed by atoms with E-state index in [2.05, 4.69) is 17.6 Å². The molecular formula is C24H34N4O4S. The highest BCUT2D eigenvalue weighted by atomic mass is 32.2. The fourth-order valence-corrected chi connectivity index (χ4v) is 6.21. The maximum absolute atomic E-state index is 12.9. The highest BCUT2D eigenvalue weighted by Gasteiger charge is 2.48. The molecule has 1 saturated carbocycles. The Labute approximate surface area is 196 Å². The topological polar surface area (TPSA) is 111 Å². The van der Waals surface area contributed by atoms with Crippen LogP contribution in [0.5, 0.6) is 0 Å². The summed E-state index contributed by atoms with van der Waals surface area (Å²) < 4.78 is 27.3. The first-order valence-electron chi connectivity index (χ1n) is 11.8. The van der Waals surface area contributed by atoms with Crippen molar-refractivity contribution >= 4 is 33.5 Å². The number of aliphatic imine (C=N–C) groups is 1. The fourth-order valence-electron chi connectivity index (χ4n) is 5.03. The van der Waals surface area contributed by atoms with Gasteiger partial charge in [-0.1, -0.05) is 25.8 Å². The maximum Gasteiger partial charge on any atom is 0.253 e. The van der Waals surface area contributed by atoms with Crippen molar-refractivity contribution in [1.29, 1.82) is 0 Å². The number of anilines is 1. The van der Waals surface area contributed by atoms with E-state index < -0.39 is 15.6 Å². The second-order valence-corrected chi connectivity index (χ2v) is 11.4. The molecule has 180 valence electrons. The molecule has 0 radical (unpaired) electrons. The largest absolute Gasteiger partial charge is 0.377 e. The first-order chi connectivity index (χ1) is 15.7. The Kier molecular flexibility index (Phi) is 6.93. The van der Waals surface area contributed by atoms with Crippen LogP contribution in [-0.2, 0) is 14.8 Å². The van der Waals surface area contributed by atoms with E-state index in [0.717, 1.165) is 54.3 Å². The molecule has 1 aromatic carbocycles. The van der Waals surface area contributed by atoms with Crippen molar-refractivity contribution in [2.45, 2.75) is 57.9 Å². The van der Waals surface area contributed by atoms with Crippen LogP contribution in [0.3, 0.4) is 0 Å². The molecule has 3 aliphatic rings. The van der Waals surface area contributed by atoms with Gasteiger partial charge in [0.1, 0.15) is 18.1 Å². The number of amides is 1. The summed E-state index contributed by atoms with van der Waals surface area (Å²) in [7, 11) is -3.61. The minimum atomic E-state index is -3.61. The van der Waals surface area contributed by atoms with Crippen molar-refractivity contribution in [1.82, 2.24) is 9.62 Å². The Balaban J connectivity index is 1.40. The SMILES string of the molecule is Cc1cc(NCO)ccc1/C=C/S(=O)(=O)N1CCC2(CC1)N=C(C1CCC(C)CC1)NC2=O. The van der Waals surface area contributed by atoms with Gasteiger partial charge in [-0.25, -0.2) is 8.42 Å². The summed E-state index contributed by atoms with van der Waals surface area (Å²) in [4.78, 5) is 17.7. The number of benzene rings is 1. The van der Waals surface area contributed by atoms with Crippen LogP contribution < -0.4 is 10.6 Å². The predicted molar refractivity (Wildman–Crippen MR) is 130 cm³/mol. The number of aliphatic hydroxyl groups excluding tert-OH is 1. The molecule has 9 heteroatoms. The number of amidine groups is 1. The quantitative estimate of drug-likeness (QED) is 0.549. The lowest BCUT2D eigenvalue weighted by atomic mass is 9.82. The molecule has 1 aromatic rings. The zero-order valence-electron chi connectivity index (χ0n) is 19.4. The van der Waals surface area contributed by atoms with Gasteiger partial charge in [-0.05, 0) is 67.9 Å². The Bertz CT molecular complexity index is 1050. The zero-order valence-corrected chi connectivity index (χ0v) is 20.2. The number of piperidine rings is 1. The van der Waals surface area contributed by atoms with Crippen molar-refractivity contribution in [2.75, 3.05) is 25.1 Å². The zero-order chi connectivity index (χ0) is 23.6. The lowest BCUT2D eigenvalue weighted by molar-refractivity contribution is -0.124. The molecule has 2 aliphatic heterocycles. The van der Waals surface area contributed by atoms with Gasteiger partial charge in [0.2, 0.25) is 10.0 Å². The molecule has 1 aliphatic carbocycles. The minimum Gasteiger partial charge on any atom is -0.377 e. The molecule has 33 heavy (non-hydrogen) atoms. The van der Waals surface area contributed by atoms with Crippen molar-refractivity contribution in [3.8, 4) is 0 Å². The highest BCUT2D eigenvalue weighted by Crippen LogP contribution is 2.36. The third-order valence-electron chi connectivity index (χ3n) is 7.28. The molecular weight excluding hydrogens is 440 g/mol. The number of hydrogen-bond donors (Lipinski definition) is 3. The summed E-state index contributed by atoms with van der Waals surface area (Å²) in [5.74, 6) is 1.79. The number of nitrogens with zero attached hydrogens (tertiary/aromatic N) is 2. The van der Waals surface area contributed by atoms with Crippen LogP contribution in [0.15, 0.2) is 28.6 Å². The van der Waals surface area contributed by atoms with E-state index >= 15 is 0 Å². The Hall–Kier alpha value is -2.23. The molecule has 0 unspecified atom stereocenters. The van der Waals surface area contributed by atoms with Gasteiger partial charge in [-0.2, -0.15) is 4.31 Å². The molecule has 4 rings (SSSR count). The standard InChI is InChI=1S/C24H34N4O4S/c1-17-3-5-20(6-4-17)22-26-23(30)24(27-22)10-12-28(13-11-24)33(31,32)14-9-19-7-8-21(25-16-29)15-18(19)2/h7-9,14-15,17,20,25,29H,3-6,10-13,16H2,1-2H3,(H,26,27,30)/b14-9+. The Morgan fingerprint density at radius 1 is 1.24 bits per heavy atom. The van der Waals surface area contributed by atoms with Gasteiger partial charge in [0, 0.05) is 30.1 Å². The van der Waals surface area contributed by atoms with Gasteiger partial charge in [0.25, 0.3) is 5.91 Å². The van der Waals surface area contributed by atoms with Crippen LogP contribution in [0.25, 0.3) is 6.08 Å². The molecule has 1 saturated heterocycles. The average molecular weight is 475 g/mol. The van der Waals surface area contributed by atoms with Gasteiger partial charge in [0.15, 0.2) is 0 Å². The Morgan fingerprint density at radius 2 is 1.94 bits per heavy atom. The van der Waals surface area contributed by atoms with Crippen LogP contribution in [0, 0.1) is 18.8 Å². The molecule has 0 aromatic heterocycles. The molecule has 0 atom stereocenters. The second-order valence-electron chi connectivity index (χ2n) is 9.59. The average Bonchev–Trinajstić information content (AvgIpc) is 3.10. The third-order valence-corrected chi connectivity index (χ3v) is 8.85. The van der Waals surface area contributed by atoms with Crippen LogP contribution in [0.2, 0.25) is 0 Å². The molecule has 2 heterocycles. The molecule has 2 fully saturated rings. The van der Waals surface area contributed by atoms with Crippen molar-refractivity contribution in [3.63, 3.8) is 0 Å². The van der Waals surface area contributed by atoms with Gasteiger partial charge >= 0.3 is 0 Å². The number of sulfonamides is 1. The van der Waals surface area contributed by atoms with Crippen molar-refractivity contribution in [2.24, 2.45) is 16.8 Å². The van der Waals surface area contributed by atoms with Crippen LogP contribution in [0.4, 0.5) is 5.69 Å². The summed E-state index contributed by atoms with van der Waals surface area (Å²) in [5.41, 5.74) is 1.65. The van der Waals surface area contributed by atoms with E-state index in [0.29, 0.717) is 18.8 Å². The normalized spacial score (nSPS) is 25.9. The first kappa shape index (κ1) is 23.9. The Morgan fingerprint density at radius 3 is 2.58 bits per heavy atom. The summed E-state index contributed by atoms with van der Waals surface area (Å²) in [6.07, 6.45) is 6.82. The van der Waals surface area contributed by atoms with Crippen LogP contribution in [-0.4, -0.2) is 54.9 Å². The van der Waals surface area contributed by atoms with E-state index in [-0.39, 0.29) is 25.7 Å². The number of carbonyl (C=O) groups excluding carboxylic acids is 1. The smallest absolute Gasteiger partial charge is 0.253 e. The summed E-state index contributed by atoms with van der Waals surface area (Å²) in [5, 5.41) is 16.1. The lowest BCUT2D eigenvalue weighted by Crippen LogP contribution is -2.50. The van der Waals surface area contributed by atoms with Gasteiger partial charge < -0.3 is 15.7 Å². The van der Waals surface area contributed by atoms with Crippen LogP contribution in [0.1, 0.15) is 56.6 Å². The molecule has 1 spiro atoms. The van der Waals surface area contributed by atoms with Gasteiger partial charge in [-0.3, -0.25) is 9.79 Å². The number of carbonyl (C=O) groups is 1. The number of aliphatic hydroxyl groups is 1. The maximum atomic E-state index is 12.9. The highest BCUT2D eigenvalue weighted by molar-refractivity contribution is 7.92. The molecule has 8 nitrogen and oxygen atoms in total. The van der Waals surface area contributed by atoms with Crippen LogP contribution >= 0.6 is 0 Å². The molecule has 1 amide bonds.